The maximum atomic E-state index is 13.2. The van der Waals surface area contributed by atoms with Crippen LogP contribution in [0.5, 0.6) is 11.5 Å². The van der Waals surface area contributed by atoms with Crippen LogP contribution in [0.3, 0.4) is 0 Å². The highest BCUT2D eigenvalue weighted by atomic mass is 19.1. The smallest absolute Gasteiger partial charge is 0.297 e. The fourth-order valence-electron chi connectivity index (χ4n) is 3.24. The molecule has 32 heavy (non-hydrogen) atoms. The number of benzene rings is 2. The number of halogens is 1. The Kier molecular flexibility index (Phi) is 5.89. The number of hydrogen-bond donors (Lipinski definition) is 2. The summed E-state index contributed by atoms with van der Waals surface area (Å²) in [5, 5.41) is 12.4. The standard InChI is InChI=1S/C23H20FN3O5/c1-14-21-26-19(22(29)25-12-16-7-8-17(24)11-18(16)28)20(23(30)27(21)9-10-31-14)32-13-15-5-3-2-4-6-15/h2-8,11,28H,1,9-10,12-13H2,(H,25,29). The molecule has 0 radical (unpaired) electrons. The summed E-state index contributed by atoms with van der Waals surface area (Å²) in [5.41, 5.74) is 0.356. The summed E-state index contributed by atoms with van der Waals surface area (Å²) in [6.07, 6.45) is 0. The van der Waals surface area contributed by atoms with Gasteiger partial charge in [-0.25, -0.2) is 9.37 Å². The minimum atomic E-state index is -0.698. The molecule has 2 heterocycles. The van der Waals surface area contributed by atoms with Crippen molar-refractivity contribution in [3.05, 3.63) is 93.9 Å². The molecule has 1 aromatic heterocycles. The van der Waals surface area contributed by atoms with Crippen molar-refractivity contribution in [3.8, 4) is 11.5 Å². The number of phenolic OH excluding ortho intramolecular Hbond substituents is 1. The lowest BCUT2D eigenvalue weighted by molar-refractivity contribution is 0.0938. The van der Waals surface area contributed by atoms with Gasteiger partial charge >= 0.3 is 0 Å². The first kappa shape index (κ1) is 21.1. The van der Waals surface area contributed by atoms with Gasteiger partial charge in [-0.1, -0.05) is 43.0 Å². The molecule has 4 rings (SSSR count). The first-order chi connectivity index (χ1) is 15.4. The van der Waals surface area contributed by atoms with Gasteiger partial charge in [-0.2, -0.15) is 0 Å². The molecule has 0 atom stereocenters. The van der Waals surface area contributed by atoms with Gasteiger partial charge in [0.05, 0.1) is 6.54 Å². The zero-order valence-corrected chi connectivity index (χ0v) is 17.0. The number of rotatable bonds is 6. The number of carbonyl (C=O) groups is 1. The van der Waals surface area contributed by atoms with Crippen LogP contribution in [0, 0.1) is 5.82 Å². The lowest BCUT2D eigenvalue weighted by Gasteiger charge is -2.22. The maximum Gasteiger partial charge on any atom is 0.297 e. The van der Waals surface area contributed by atoms with Crippen LogP contribution in [-0.2, 0) is 24.4 Å². The Bertz CT molecular complexity index is 1240. The second kappa shape index (κ2) is 8.93. The van der Waals surface area contributed by atoms with Crippen LogP contribution >= 0.6 is 0 Å². The van der Waals surface area contributed by atoms with Crippen molar-refractivity contribution in [1.82, 2.24) is 14.9 Å². The Morgan fingerprint density at radius 3 is 2.81 bits per heavy atom. The third kappa shape index (κ3) is 4.31. The minimum Gasteiger partial charge on any atom is -0.507 e. The molecule has 0 aliphatic carbocycles. The summed E-state index contributed by atoms with van der Waals surface area (Å²) < 4.78 is 25.7. The first-order valence-electron chi connectivity index (χ1n) is 9.83. The molecule has 0 fully saturated rings. The van der Waals surface area contributed by atoms with E-state index in [-0.39, 0.29) is 55.1 Å². The van der Waals surface area contributed by atoms with Crippen LogP contribution in [0.1, 0.15) is 27.4 Å². The molecule has 164 valence electrons. The number of phenols is 1. The SMILES string of the molecule is C=C1OCCn2c1nc(C(=O)NCc1ccc(F)cc1O)c(OCc1ccccc1)c2=O. The van der Waals surface area contributed by atoms with Gasteiger partial charge in [0.2, 0.25) is 5.75 Å². The third-order valence-electron chi connectivity index (χ3n) is 4.90. The Labute approximate surface area is 182 Å². The molecule has 1 aliphatic rings. The van der Waals surface area contributed by atoms with Crippen molar-refractivity contribution in [3.63, 3.8) is 0 Å². The van der Waals surface area contributed by atoms with Gasteiger partial charge in [-0.05, 0) is 11.6 Å². The van der Waals surface area contributed by atoms with E-state index in [2.05, 4.69) is 16.9 Å². The summed E-state index contributed by atoms with van der Waals surface area (Å²) >= 11 is 0. The van der Waals surface area contributed by atoms with E-state index in [0.29, 0.717) is 5.56 Å². The molecular weight excluding hydrogens is 417 g/mol. The van der Waals surface area contributed by atoms with E-state index in [1.165, 1.54) is 16.7 Å². The maximum absolute atomic E-state index is 13.2. The highest BCUT2D eigenvalue weighted by molar-refractivity contribution is 5.95. The Hall–Kier alpha value is -4.14. The molecule has 1 amide bonds. The second-order valence-corrected chi connectivity index (χ2v) is 7.07. The fourth-order valence-corrected chi connectivity index (χ4v) is 3.24. The lowest BCUT2D eigenvalue weighted by Crippen LogP contribution is -2.35. The van der Waals surface area contributed by atoms with Crippen molar-refractivity contribution >= 4 is 11.7 Å². The number of hydrogen-bond acceptors (Lipinski definition) is 6. The average Bonchev–Trinajstić information content (AvgIpc) is 2.79. The van der Waals surface area contributed by atoms with Gasteiger partial charge in [-0.15, -0.1) is 0 Å². The van der Waals surface area contributed by atoms with E-state index >= 15 is 0 Å². The van der Waals surface area contributed by atoms with E-state index in [1.54, 1.807) is 0 Å². The number of nitrogens with zero attached hydrogens (tertiary/aromatic N) is 2. The molecule has 0 saturated carbocycles. The van der Waals surface area contributed by atoms with Crippen LogP contribution in [0.25, 0.3) is 5.76 Å². The van der Waals surface area contributed by atoms with Crippen molar-refractivity contribution in [2.24, 2.45) is 0 Å². The predicted octanol–water partition coefficient (Wildman–Crippen LogP) is 2.60. The molecule has 2 aromatic carbocycles. The van der Waals surface area contributed by atoms with E-state index in [0.717, 1.165) is 11.6 Å². The molecule has 8 nitrogen and oxygen atoms in total. The topological polar surface area (TPSA) is 103 Å². The lowest BCUT2D eigenvalue weighted by atomic mass is 10.2. The highest BCUT2D eigenvalue weighted by Crippen LogP contribution is 2.22. The number of carbonyl (C=O) groups excluding carboxylic acids is 1. The number of aromatic hydroxyl groups is 1. The largest absolute Gasteiger partial charge is 0.507 e. The van der Waals surface area contributed by atoms with E-state index in [4.69, 9.17) is 9.47 Å². The fraction of sp³-hybridized carbons (Fsp3) is 0.174. The van der Waals surface area contributed by atoms with Crippen LogP contribution < -0.4 is 15.6 Å². The molecule has 1 aliphatic heterocycles. The molecule has 0 bridgehead atoms. The zero-order chi connectivity index (χ0) is 22.7. The summed E-state index contributed by atoms with van der Waals surface area (Å²) in [6, 6.07) is 12.6. The Balaban J connectivity index is 1.65. The number of amides is 1. The zero-order valence-electron chi connectivity index (χ0n) is 17.0. The van der Waals surface area contributed by atoms with Gasteiger partial charge in [0, 0.05) is 18.2 Å². The predicted molar refractivity (Wildman–Crippen MR) is 113 cm³/mol. The number of nitrogens with one attached hydrogen (secondary N) is 1. The summed E-state index contributed by atoms with van der Waals surface area (Å²) in [5.74, 6) is -1.48. The molecule has 3 aromatic rings. The molecule has 2 N–H and O–H groups in total. The van der Waals surface area contributed by atoms with Gasteiger partial charge in [0.1, 0.15) is 24.8 Å². The van der Waals surface area contributed by atoms with E-state index in [1.807, 2.05) is 30.3 Å². The molecule has 0 saturated heterocycles. The van der Waals surface area contributed by atoms with Gasteiger partial charge in [-0.3, -0.25) is 14.2 Å². The summed E-state index contributed by atoms with van der Waals surface area (Å²) in [6.45, 7) is 4.19. The third-order valence-corrected chi connectivity index (χ3v) is 4.90. The van der Waals surface area contributed by atoms with Crippen molar-refractivity contribution in [2.75, 3.05) is 6.61 Å². The second-order valence-electron chi connectivity index (χ2n) is 7.07. The molecule has 0 spiro atoms. The summed E-state index contributed by atoms with van der Waals surface area (Å²) in [7, 11) is 0. The van der Waals surface area contributed by atoms with Gasteiger partial charge in [0.25, 0.3) is 11.5 Å². The van der Waals surface area contributed by atoms with Crippen LogP contribution in [0.15, 0.2) is 59.9 Å². The monoisotopic (exact) mass is 437 g/mol. The quantitative estimate of drug-likeness (QED) is 0.615. The van der Waals surface area contributed by atoms with Crippen molar-refractivity contribution < 1.29 is 23.8 Å². The highest BCUT2D eigenvalue weighted by Gasteiger charge is 2.26. The first-order valence-corrected chi connectivity index (χ1v) is 9.83. The number of ether oxygens (including phenoxy) is 2. The molecule has 0 unspecified atom stereocenters. The van der Waals surface area contributed by atoms with Gasteiger partial charge < -0.3 is 19.9 Å². The summed E-state index contributed by atoms with van der Waals surface area (Å²) in [4.78, 5) is 30.4. The van der Waals surface area contributed by atoms with E-state index in [9.17, 15) is 19.1 Å². The average molecular weight is 437 g/mol. The number of aromatic nitrogens is 2. The Morgan fingerprint density at radius 2 is 2.06 bits per heavy atom. The van der Waals surface area contributed by atoms with Crippen LogP contribution in [-0.4, -0.2) is 27.2 Å². The van der Waals surface area contributed by atoms with Crippen LogP contribution in [0.4, 0.5) is 4.39 Å². The normalized spacial score (nSPS) is 12.6. The Morgan fingerprint density at radius 1 is 1.28 bits per heavy atom. The van der Waals surface area contributed by atoms with Crippen LogP contribution in [0.2, 0.25) is 0 Å². The van der Waals surface area contributed by atoms with Crippen molar-refractivity contribution in [2.45, 2.75) is 19.7 Å². The molecule has 9 heteroatoms. The number of fused-ring (bicyclic) bond motifs is 1. The molecular formula is C23H20FN3O5. The van der Waals surface area contributed by atoms with Gasteiger partial charge in [0.15, 0.2) is 17.3 Å². The van der Waals surface area contributed by atoms with E-state index < -0.39 is 17.3 Å². The van der Waals surface area contributed by atoms with Crippen molar-refractivity contribution in [1.29, 1.82) is 0 Å². The minimum absolute atomic E-state index is 0.0631.